The number of nitrogens with one attached hydrogen (secondary N) is 1. The van der Waals surface area contributed by atoms with Gasteiger partial charge in [-0.3, -0.25) is 0 Å². The molecule has 6 heteroatoms. The van der Waals surface area contributed by atoms with Gasteiger partial charge in [0.05, 0.1) is 0 Å². The Kier molecular flexibility index (Phi) is 5.33. The van der Waals surface area contributed by atoms with Gasteiger partial charge < -0.3 is 4.90 Å². The molecule has 0 aliphatic heterocycles. The molecule has 1 N–H and O–H groups in total. The van der Waals surface area contributed by atoms with E-state index in [1.54, 1.807) is 6.07 Å². The molecular formula is C12H22N2O2S2. The normalized spacial score (nSPS) is 14.4. The third-order valence-corrected chi connectivity index (χ3v) is 5.87. The molecule has 0 aromatic carbocycles. The topological polar surface area (TPSA) is 49.4 Å². The Morgan fingerprint density at radius 3 is 2.39 bits per heavy atom. The smallest absolute Gasteiger partial charge is 0.250 e. The highest BCUT2D eigenvalue weighted by atomic mass is 32.2. The van der Waals surface area contributed by atoms with Gasteiger partial charge in [-0.05, 0) is 43.9 Å². The van der Waals surface area contributed by atoms with Gasteiger partial charge >= 0.3 is 0 Å². The highest BCUT2D eigenvalue weighted by Crippen LogP contribution is 2.19. The van der Waals surface area contributed by atoms with Gasteiger partial charge in [-0.1, -0.05) is 13.8 Å². The number of nitrogens with zero attached hydrogens (tertiary/aromatic N) is 1. The van der Waals surface area contributed by atoms with Crippen LogP contribution >= 0.6 is 11.3 Å². The summed E-state index contributed by atoms with van der Waals surface area (Å²) in [4.78, 5) is 2.05. The monoisotopic (exact) mass is 290 g/mol. The molecule has 18 heavy (non-hydrogen) atoms. The van der Waals surface area contributed by atoms with Gasteiger partial charge in [-0.15, -0.1) is 11.3 Å². The maximum Gasteiger partial charge on any atom is 0.250 e. The van der Waals surface area contributed by atoms with E-state index in [0.29, 0.717) is 16.7 Å². The molecule has 1 rings (SSSR count). The molecule has 104 valence electrons. The first-order valence-corrected chi connectivity index (χ1v) is 8.31. The first kappa shape index (κ1) is 15.6. The number of rotatable bonds is 6. The third-order valence-electron chi connectivity index (χ3n) is 2.89. The summed E-state index contributed by atoms with van der Waals surface area (Å²) in [6.07, 6.45) is 0. The fraction of sp³-hybridized carbons (Fsp3) is 0.667. The lowest BCUT2D eigenvalue weighted by molar-refractivity contribution is 0.233. The standard InChI is InChI=1S/C12H22N2O2S2/c1-9(2)11(14(4)5)7-13-18(15,16)12-6-10(3)8-17-12/h6,8-9,11,13H,7H2,1-5H3. The van der Waals surface area contributed by atoms with E-state index in [0.717, 1.165) is 5.56 Å². The number of hydrogen-bond acceptors (Lipinski definition) is 4. The summed E-state index contributed by atoms with van der Waals surface area (Å²) in [6, 6.07) is 1.90. The van der Waals surface area contributed by atoms with Crippen molar-refractivity contribution in [1.29, 1.82) is 0 Å². The molecule has 0 radical (unpaired) electrons. The molecule has 0 fully saturated rings. The third kappa shape index (κ3) is 4.05. The van der Waals surface area contributed by atoms with E-state index in [4.69, 9.17) is 0 Å². The van der Waals surface area contributed by atoms with Crippen LogP contribution in [-0.4, -0.2) is 40.0 Å². The Labute approximate surface area is 114 Å². The maximum absolute atomic E-state index is 12.1. The molecule has 1 aromatic heterocycles. The molecule has 4 nitrogen and oxygen atoms in total. The number of sulfonamides is 1. The molecular weight excluding hydrogens is 268 g/mol. The second-order valence-corrected chi connectivity index (χ2v) is 7.97. The molecule has 0 amide bonds. The Balaban J connectivity index is 2.73. The summed E-state index contributed by atoms with van der Waals surface area (Å²) in [5.41, 5.74) is 0.980. The summed E-state index contributed by atoms with van der Waals surface area (Å²) in [5, 5.41) is 1.85. The fourth-order valence-corrected chi connectivity index (χ4v) is 4.15. The van der Waals surface area contributed by atoms with E-state index in [2.05, 4.69) is 18.6 Å². The lowest BCUT2D eigenvalue weighted by Crippen LogP contribution is -2.43. The molecule has 0 spiro atoms. The SMILES string of the molecule is Cc1csc(S(=O)(=O)NCC(C(C)C)N(C)C)c1. The molecule has 1 heterocycles. The largest absolute Gasteiger partial charge is 0.305 e. The van der Waals surface area contributed by atoms with Gasteiger partial charge in [-0.25, -0.2) is 13.1 Å². The van der Waals surface area contributed by atoms with Crippen LogP contribution in [0.4, 0.5) is 0 Å². The fourth-order valence-electron chi connectivity index (χ4n) is 1.83. The van der Waals surface area contributed by atoms with Crippen LogP contribution in [-0.2, 0) is 10.0 Å². The first-order chi connectivity index (χ1) is 8.24. The highest BCUT2D eigenvalue weighted by molar-refractivity contribution is 7.91. The van der Waals surface area contributed by atoms with Crippen LogP contribution in [0, 0.1) is 12.8 Å². The van der Waals surface area contributed by atoms with Crippen molar-refractivity contribution in [3.63, 3.8) is 0 Å². The minimum Gasteiger partial charge on any atom is -0.305 e. The molecule has 0 aliphatic rings. The first-order valence-electron chi connectivity index (χ1n) is 5.95. The van der Waals surface area contributed by atoms with Crippen LogP contribution in [0.1, 0.15) is 19.4 Å². The van der Waals surface area contributed by atoms with Crippen LogP contribution in [0.25, 0.3) is 0 Å². The Bertz CT molecular complexity index is 470. The second-order valence-electron chi connectivity index (χ2n) is 5.07. The molecule has 0 aliphatic carbocycles. The van der Waals surface area contributed by atoms with Crippen molar-refractivity contribution < 1.29 is 8.42 Å². The Hall–Kier alpha value is -0.430. The van der Waals surface area contributed by atoms with E-state index in [1.807, 2.05) is 31.3 Å². The van der Waals surface area contributed by atoms with E-state index < -0.39 is 10.0 Å². The zero-order valence-corrected chi connectivity index (χ0v) is 13.2. The average Bonchev–Trinajstić information content (AvgIpc) is 2.64. The quantitative estimate of drug-likeness (QED) is 0.871. The molecule has 1 aromatic rings. The van der Waals surface area contributed by atoms with Crippen molar-refractivity contribution in [1.82, 2.24) is 9.62 Å². The second kappa shape index (κ2) is 6.14. The van der Waals surface area contributed by atoms with Crippen LogP contribution in [0.15, 0.2) is 15.7 Å². The van der Waals surface area contributed by atoms with Gasteiger partial charge in [0, 0.05) is 12.6 Å². The van der Waals surface area contributed by atoms with E-state index in [-0.39, 0.29) is 6.04 Å². The van der Waals surface area contributed by atoms with Crippen molar-refractivity contribution in [3.8, 4) is 0 Å². The Morgan fingerprint density at radius 2 is 2.00 bits per heavy atom. The lowest BCUT2D eigenvalue weighted by Gasteiger charge is -2.27. The van der Waals surface area contributed by atoms with Gasteiger partial charge in [-0.2, -0.15) is 0 Å². The summed E-state index contributed by atoms with van der Waals surface area (Å²) in [7, 11) is 0.573. The van der Waals surface area contributed by atoms with Crippen molar-refractivity contribution in [2.75, 3.05) is 20.6 Å². The van der Waals surface area contributed by atoms with Gasteiger partial charge in [0.2, 0.25) is 10.0 Å². The number of likely N-dealkylation sites (N-methyl/N-ethyl adjacent to an activating group) is 1. The van der Waals surface area contributed by atoms with Crippen molar-refractivity contribution >= 4 is 21.4 Å². The summed E-state index contributed by atoms with van der Waals surface area (Å²) < 4.78 is 27.2. The van der Waals surface area contributed by atoms with Crippen molar-refractivity contribution in [2.45, 2.75) is 31.0 Å². The molecule has 0 bridgehead atoms. The highest BCUT2D eigenvalue weighted by Gasteiger charge is 2.21. The average molecular weight is 290 g/mol. The summed E-state index contributed by atoms with van der Waals surface area (Å²) in [6.45, 7) is 6.51. The van der Waals surface area contributed by atoms with Crippen LogP contribution in [0.3, 0.4) is 0 Å². The summed E-state index contributed by atoms with van der Waals surface area (Å²) >= 11 is 1.26. The minimum absolute atomic E-state index is 0.195. The Morgan fingerprint density at radius 1 is 1.39 bits per heavy atom. The van der Waals surface area contributed by atoms with E-state index >= 15 is 0 Å². The molecule has 0 saturated heterocycles. The van der Waals surface area contributed by atoms with Crippen LogP contribution in [0.5, 0.6) is 0 Å². The van der Waals surface area contributed by atoms with Crippen LogP contribution in [0.2, 0.25) is 0 Å². The number of aryl methyl sites for hydroxylation is 1. The maximum atomic E-state index is 12.1. The zero-order valence-electron chi connectivity index (χ0n) is 11.6. The van der Waals surface area contributed by atoms with E-state index in [1.165, 1.54) is 11.3 Å². The number of hydrogen-bond donors (Lipinski definition) is 1. The lowest BCUT2D eigenvalue weighted by atomic mass is 10.0. The molecule has 0 saturated carbocycles. The molecule has 1 unspecified atom stereocenters. The minimum atomic E-state index is -3.36. The predicted octanol–water partition coefficient (Wildman–Crippen LogP) is 1.92. The van der Waals surface area contributed by atoms with Gasteiger partial charge in [0.1, 0.15) is 4.21 Å². The summed E-state index contributed by atoms with van der Waals surface area (Å²) in [5.74, 6) is 0.396. The zero-order chi connectivity index (χ0) is 13.9. The van der Waals surface area contributed by atoms with E-state index in [9.17, 15) is 8.42 Å². The van der Waals surface area contributed by atoms with Gasteiger partial charge in [0.25, 0.3) is 0 Å². The predicted molar refractivity (Wildman–Crippen MR) is 76.6 cm³/mol. The van der Waals surface area contributed by atoms with Crippen LogP contribution < -0.4 is 4.72 Å². The van der Waals surface area contributed by atoms with Crippen molar-refractivity contribution in [2.24, 2.45) is 5.92 Å². The van der Waals surface area contributed by atoms with Gasteiger partial charge in [0.15, 0.2) is 0 Å². The van der Waals surface area contributed by atoms with Crippen molar-refractivity contribution in [3.05, 3.63) is 17.0 Å². The molecule has 1 atom stereocenters. The number of thiophene rings is 1.